The third kappa shape index (κ3) is 2.73. The highest BCUT2D eigenvalue weighted by atomic mass is 15.5. The third-order valence-electron chi connectivity index (χ3n) is 3.09. The fraction of sp³-hybridized carbons (Fsp3) is 0.462. The molecule has 0 saturated heterocycles. The van der Waals surface area contributed by atoms with Crippen LogP contribution in [0.5, 0.6) is 0 Å². The van der Waals surface area contributed by atoms with E-state index in [1.165, 1.54) is 11.1 Å². The predicted molar refractivity (Wildman–Crippen MR) is 70.5 cm³/mol. The van der Waals surface area contributed by atoms with Crippen LogP contribution in [0.25, 0.3) is 0 Å². The van der Waals surface area contributed by atoms with Gasteiger partial charge in [0.15, 0.2) is 5.82 Å². The highest BCUT2D eigenvalue weighted by Gasteiger charge is 2.17. The van der Waals surface area contributed by atoms with Crippen molar-refractivity contribution in [1.29, 1.82) is 0 Å². The number of aromatic nitrogens is 4. The molecule has 2 rings (SSSR count). The SMILES string of the molecule is CNCC(c1ccc(C(C)C)cc1)c1nn[nH]n1. The lowest BCUT2D eigenvalue weighted by atomic mass is 9.94. The normalized spacial score (nSPS) is 12.9. The molecular formula is C13H19N5. The Bertz CT molecular complexity index is 461. The van der Waals surface area contributed by atoms with Crippen LogP contribution in [-0.2, 0) is 0 Å². The predicted octanol–water partition coefficient (Wildman–Crippen LogP) is 1.67. The van der Waals surface area contributed by atoms with E-state index in [4.69, 9.17) is 0 Å². The topological polar surface area (TPSA) is 66.5 Å². The number of likely N-dealkylation sites (N-methyl/N-ethyl adjacent to an activating group) is 1. The first-order valence-electron chi connectivity index (χ1n) is 6.20. The molecule has 0 saturated carbocycles. The Kier molecular flexibility index (Phi) is 4.04. The average Bonchev–Trinajstić information content (AvgIpc) is 2.90. The maximum atomic E-state index is 4.08. The Hall–Kier alpha value is -1.75. The number of nitrogens with zero attached hydrogens (tertiary/aromatic N) is 3. The van der Waals surface area contributed by atoms with E-state index in [9.17, 15) is 0 Å². The van der Waals surface area contributed by atoms with Crippen molar-refractivity contribution in [3.63, 3.8) is 0 Å². The minimum atomic E-state index is 0.134. The average molecular weight is 245 g/mol. The summed E-state index contributed by atoms with van der Waals surface area (Å²) in [7, 11) is 1.93. The summed E-state index contributed by atoms with van der Waals surface area (Å²) < 4.78 is 0. The molecule has 2 aromatic rings. The molecule has 1 aromatic heterocycles. The smallest absolute Gasteiger partial charge is 0.183 e. The summed E-state index contributed by atoms with van der Waals surface area (Å²) >= 11 is 0. The van der Waals surface area contributed by atoms with Crippen LogP contribution in [0.1, 0.15) is 42.6 Å². The monoisotopic (exact) mass is 245 g/mol. The van der Waals surface area contributed by atoms with Gasteiger partial charge in [-0.05, 0) is 24.1 Å². The van der Waals surface area contributed by atoms with E-state index >= 15 is 0 Å². The molecule has 1 heterocycles. The van der Waals surface area contributed by atoms with Crippen molar-refractivity contribution in [2.75, 3.05) is 13.6 Å². The van der Waals surface area contributed by atoms with Gasteiger partial charge in [-0.1, -0.05) is 43.3 Å². The van der Waals surface area contributed by atoms with Gasteiger partial charge >= 0.3 is 0 Å². The summed E-state index contributed by atoms with van der Waals surface area (Å²) in [5, 5.41) is 17.5. The fourth-order valence-electron chi connectivity index (χ4n) is 1.99. The van der Waals surface area contributed by atoms with Gasteiger partial charge in [0.05, 0.1) is 5.92 Å². The third-order valence-corrected chi connectivity index (χ3v) is 3.09. The number of rotatable bonds is 5. The van der Waals surface area contributed by atoms with Gasteiger partial charge in [0.1, 0.15) is 0 Å². The molecule has 1 atom stereocenters. The number of hydrogen-bond acceptors (Lipinski definition) is 4. The number of hydrogen-bond donors (Lipinski definition) is 2. The van der Waals surface area contributed by atoms with Gasteiger partial charge in [0.2, 0.25) is 0 Å². The molecule has 0 fully saturated rings. The van der Waals surface area contributed by atoms with Crippen LogP contribution in [0.15, 0.2) is 24.3 Å². The summed E-state index contributed by atoms with van der Waals surface area (Å²) in [5.41, 5.74) is 2.55. The Morgan fingerprint density at radius 2 is 1.83 bits per heavy atom. The van der Waals surface area contributed by atoms with E-state index in [0.717, 1.165) is 12.4 Å². The van der Waals surface area contributed by atoms with E-state index < -0.39 is 0 Å². The van der Waals surface area contributed by atoms with Crippen LogP contribution in [-0.4, -0.2) is 34.2 Å². The summed E-state index contributed by atoms with van der Waals surface area (Å²) in [4.78, 5) is 0. The van der Waals surface area contributed by atoms with Crippen molar-refractivity contribution in [3.8, 4) is 0 Å². The number of aromatic amines is 1. The highest BCUT2D eigenvalue weighted by molar-refractivity contribution is 5.30. The lowest BCUT2D eigenvalue weighted by Gasteiger charge is -2.14. The quantitative estimate of drug-likeness (QED) is 0.841. The summed E-state index contributed by atoms with van der Waals surface area (Å²) in [5.74, 6) is 1.41. The maximum Gasteiger partial charge on any atom is 0.183 e. The second-order valence-electron chi connectivity index (χ2n) is 4.70. The zero-order valence-electron chi connectivity index (χ0n) is 11.0. The van der Waals surface area contributed by atoms with Gasteiger partial charge in [-0.2, -0.15) is 5.21 Å². The molecular weight excluding hydrogens is 226 g/mol. The number of H-pyrrole nitrogens is 1. The van der Waals surface area contributed by atoms with E-state index in [2.05, 4.69) is 64.1 Å². The largest absolute Gasteiger partial charge is 0.319 e. The van der Waals surface area contributed by atoms with Crippen molar-refractivity contribution in [2.24, 2.45) is 0 Å². The molecule has 0 spiro atoms. The molecule has 1 aromatic carbocycles. The lowest BCUT2D eigenvalue weighted by molar-refractivity contribution is 0.671. The lowest BCUT2D eigenvalue weighted by Crippen LogP contribution is -2.19. The van der Waals surface area contributed by atoms with Gasteiger partial charge in [-0.3, -0.25) is 0 Å². The maximum absolute atomic E-state index is 4.08. The molecule has 0 amide bonds. The second-order valence-corrected chi connectivity index (χ2v) is 4.70. The van der Waals surface area contributed by atoms with Crippen LogP contribution >= 0.6 is 0 Å². The molecule has 96 valence electrons. The van der Waals surface area contributed by atoms with E-state index in [-0.39, 0.29) is 5.92 Å². The molecule has 2 N–H and O–H groups in total. The van der Waals surface area contributed by atoms with Crippen molar-refractivity contribution in [2.45, 2.75) is 25.7 Å². The van der Waals surface area contributed by atoms with Crippen LogP contribution in [0.2, 0.25) is 0 Å². The van der Waals surface area contributed by atoms with Crippen molar-refractivity contribution < 1.29 is 0 Å². The number of benzene rings is 1. The minimum Gasteiger partial charge on any atom is -0.319 e. The van der Waals surface area contributed by atoms with Crippen LogP contribution < -0.4 is 5.32 Å². The van der Waals surface area contributed by atoms with E-state index in [0.29, 0.717) is 5.92 Å². The van der Waals surface area contributed by atoms with Crippen molar-refractivity contribution in [3.05, 3.63) is 41.2 Å². The molecule has 5 heteroatoms. The first-order valence-corrected chi connectivity index (χ1v) is 6.20. The summed E-state index contributed by atoms with van der Waals surface area (Å²) in [6, 6.07) is 8.63. The summed E-state index contributed by atoms with van der Waals surface area (Å²) in [6.07, 6.45) is 0. The fourth-order valence-corrected chi connectivity index (χ4v) is 1.99. The van der Waals surface area contributed by atoms with Gasteiger partial charge < -0.3 is 5.32 Å². The molecule has 18 heavy (non-hydrogen) atoms. The first-order chi connectivity index (χ1) is 8.72. The summed E-state index contributed by atoms with van der Waals surface area (Å²) in [6.45, 7) is 5.18. The molecule has 1 unspecified atom stereocenters. The van der Waals surface area contributed by atoms with E-state index in [1.54, 1.807) is 0 Å². The Balaban J connectivity index is 2.26. The zero-order chi connectivity index (χ0) is 13.0. The number of nitrogens with one attached hydrogen (secondary N) is 2. The molecule has 0 radical (unpaired) electrons. The Labute approximate surface area is 107 Å². The molecule has 0 aliphatic rings. The van der Waals surface area contributed by atoms with Gasteiger partial charge in [-0.25, -0.2) is 0 Å². The second kappa shape index (κ2) is 5.73. The van der Waals surface area contributed by atoms with Crippen molar-refractivity contribution >= 4 is 0 Å². The molecule has 0 bridgehead atoms. The van der Waals surface area contributed by atoms with Gasteiger partial charge in [-0.15, -0.1) is 10.2 Å². The minimum absolute atomic E-state index is 0.134. The molecule has 5 nitrogen and oxygen atoms in total. The van der Waals surface area contributed by atoms with Crippen molar-refractivity contribution in [1.82, 2.24) is 25.9 Å². The zero-order valence-corrected chi connectivity index (χ0v) is 11.0. The van der Waals surface area contributed by atoms with Crippen LogP contribution in [0.3, 0.4) is 0 Å². The molecule has 0 aliphatic heterocycles. The van der Waals surface area contributed by atoms with Gasteiger partial charge in [0, 0.05) is 6.54 Å². The molecule has 0 aliphatic carbocycles. The first kappa shape index (κ1) is 12.7. The Morgan fingerprint density at radius 1 is 1.17 bits per heavy atom. The van der Waals surface area contributed by atoms with Crippen LogP contribution in [0.4, 0.5) is 0 Å². The van der Waals surface area contributed by atoms with Gasteiger partial charge in [0.25, 0.3) is 0 Å². The Morgan fingerprint density at radius 3 is 2.33 bits per heavy atom. The van der Waals surface area contributed by atoms with Crippen LogP contribution in [0, 0.1) is 0 Å². The number of tetrazole rings is 1. The highest BCUT2D eigenvalue weighted by Crippen LogP contribution is 2.23. The van der Waals surface area contributed by atoms with E-state index in [1.807, 2.05) is 7.05 Å². The standard InChI is InChI=1S/C13H19N5/c1-9(2)10-4-6-11(7-5-10)12(8-14-3)13-15-17-18-16-13/h4-7,9,12,14H,8H2,1-3H3,(H,15,16,17,18).